The van der Waals surface area contributed by atoms with Crippen molar-refractivity contribution in [1.82, 2.24) is 0 Å². The van der Waals surface area contributed by atoms with Gasteiger partial charge in [-0.05, 0) is 87.4 Å². The Bertz CT molecular complexity index is 2350. The van der Waals surface area contributed by atoms with Gasteiger partial charge in [-0.3, -0.25) is 4.79 Å². The maximum Gasteiger partial charge on any atom is 0.187 e. The molecule has 0 aromatic heterocycles. The van der Waals surface area contributed by atoms with Crippen molar-refractivity contribution in [2.24, 2.45) is 33.5 Å². The van der Waals surface area contributed by atoms with Crippen LogP contribution in [0.4, 0.5) is 0 Å². The van der Waals surface area contributed by atoms with Crippen LogP contribution in [0.5, 0.6) is 0 Å². The lowest BCUT2D eigenvalue weighted by molar-refractivity contribution is -0.406. The molecule has 0 amide bonds. The third kappa shape index (κ3) is 11.0. The summed E-state index contributed by atoms with van der Waals surface area (Å²) in [7, 11) is 0. The van der Waals surface area contributed by atoms with Gasteiger partial charge in [0, 0.05) is 17.3 Å². The molecule has 0 aromatic rings. The lowest BCUT2D eigenvalue weighted by Crippen LogP contribution is -2.68. The molecule has 33 unspecified atom stereocenters. The minimum atomic E-state index is -2.05. The molecule has 6 heterocycles. The Kier molecular flexibility index (Phi) is 19.6. The second-order valence-electron chi connectivity index (χ2n) is 26.9. The van der Waals surface area contributed by atoms with Gasteiger partial charge in [-0.2, -0.15) is 0 Å². The van der Waals surface area contributed by atoms with Crippen molar-refractivity contribution in [3.8, 4) is 0 Å². The van der Waals surface area contributed by atoms with Gasteiger partial charge in [0.2, 0.25) is 0 Å². The van der Waals surface area contributed by atoms with Crippen LogP contribution < -0.4 is 0 Å². The number of aliphatic hydroxyl groups excluding tert-OH is 15. The fraction of sp³-hybridized carbons (Fsp3) is 0.948. The average Bonchev–Trinajstić information content (AvgIpc) is 1.64. The number of hydrogen-bond donors (Lipinski definition) is 15. The predicted octanol–water partition coefficient (Wildman–Crippen LogP) is -3.62. The van der Waals surface area contributed by atoms with Crippen molar-refractivity contribution in [1.29, 1.82) is 0 Å². The van der Waals surface area contributed by atoms with Crippen LogP contribution in [0.3, 0.4) is 0 Å². The maximum absolute atomic E-state index is 13.0. The van der Waals surface area contributed by atoms with Crippen LogP contribution in [-0.2, 0) is 56.9 Å². The van der Waals surface area contributed by atoms with E-state index in [1.165, 1.54) is 18.1 Å². The highest BCUT2D eigenvalue weighted by Crippen LogP contribution is 2.75. The van der Waals surface area contributed by atoms with Crippen molar-refractivity contribution in [3.05, 3.63) is 11.1 Å². The third-order valence-electron chi connectivity index (χ3n) is 22.6. The number of ether oxygens (including phenoxy) is 11. The molecule has 4 aliphatic carbocycles. The van der Waals surface area contributed by atoms with Gasteiger partial charge >= 0.3 is 0 Å². The van der Waals surface area contributed by atoms with Crippen LogP contribution in [0.15, 0.2) is 11.1 Å². The highest BCUT2D eigenvalue weighted by Gasteiger charge is 2.72. The van der Waals surface area contributed by atoms with Gasteiger partial charge in [0.05, 0.1) is 50.8 Å². The van der Waals surface area contributed by atoms with Crippen molar-refractivity contribution < 1.29 is 133 Å². The molecule has 0 aromatic carbocycles. The van der Waals surface area contributed by atoms with Crippen molar-refractivity contribution in [2.45, 2.75) is 278 Å². The minimum absolute atomic E-state index is 0.0801. The number of ketones is 1. The van der Waals surface area contributed by atoms with Gasteiger partial charge in [0.1, 0.15) is 116 Å². The first-order valence-corrected chi connectivity index (χ1v) is 30.5. The number of carbonyl (C=O) groups is 1. The number of allylic oxidation sites excluding steroid dienone is 2. The van der Waals surface area contributed by atoms with E-state index in [9.17, 15) is 81.4 Å². The predicted molar refractivity (Wildman–Crippen MR) is 285 cm³/mol. The second-order valence-corrected chi connectivity index (χ2v) is 26.9. The molecule has 6 saturated heterocycles. The number of carbonyl (C=O) groups excluding carboxylic acids is 1. The van der Waals surface area contributed by atoms with Crippen LogP contribution in [0.2, 0.25) is 0 Å². The number of aliphatic hydroxyl groups is 15. The van der Waals surface area contributed by atoms with Gasteiger partial charge in [-0.25, -0.2) is 0 Å². The number of hydrogen-bond acceptors (Lipinski definition) is 27. The summed E-state index contributed by atoms with van der Waals surface area (Å²) in [6.07, 6.45) is -36.8. The molecule has 2 saturated carbocycles. The minimum Gasteiger partial charge on any atom is -0.396 e. The van der Waals surface area contributed by atoms with E-state index in [0.29, 0.717) is 19.3 Å². The highest BCUT2D eigenvalue weighted by molar-refractivity contribution is 5.83. The van der Waals surface area contributed by atoms with E-state index in [0.717, 1.165) is 44.9 Å². The molecule has 27 heteroatoms. The molecule has 1 spiro atoms. The van der Waals surface area contributed by atoms with Gasteiger partial charge in [0.25, 0.3) is 0 Å². The number of Topliss-reactive ketones (excluding diaryl/α,β-unsaturated/α-hetero) is 1. The fourth-order valence-electron chi connectivity index (χ4n) is 17.1. The summed E-state index contributed by atoms with van der Waals surface area (Å²) >= 11 is 0. The maximum atomic E-state index is 13.0. The SMILES string of the molecule is CCC(=O)C1CC(C)C2(CCC3(C)C4=C(CCC32C)C2(C)CCC(OC3OC(COC5OCC(O)C(O)C5OC5OC(CO)C(O)C(OC6OC(CO)C(O)C(O)C6O)C5OC5OC(C)C(O)C(O)C5O)C(O)C(O)C3O)C(C)(CO)C2CC4)O1. The largest absolute Gasteiger partial charge is 0.396 e. The molecular weight excluding hydrogens is 1130 g/mol. The van der Waals surface area contributed by atoms with Crippen molar-refractivity contribution in [2.75, 3.05) is 33.0 Å². The van der Waals surface area contributed by atoms with E-state index in [1.54, 1.807) is 0 Å². The van der Waals surface area contributed by atoms with Gasteiger partial charge in [-0.15, -0.1) is 0 Å². The molecule has 33 atom stereocenters. The van der Waals surface area contributed by atoms with Gasteiger partial charge in [-0.1, -0.05) is 52.7 Å². The summed E-state index contributed by atoms with van der Waals surface area (Å²) in [5.74, 6) is 0.291. The fourth-order valence-corrected chi connectivity index (χ4v) is 17.1. The lowest BCUT2D eigenvalue weighted by atomic mass is 9.42. The average molecular weight is 1220 g/mol. The molecule has 0 radical (unpaired) electrons. The van der Waals surface area contributed by atoms with Crippen LogP contribution in [0.25, 0.3) is 0 Å². The second kappa shape index (κ2) is 25.1. The lowest BCUT2D eigenvalue weighted by Gasteiger charge is -2.63. The molecule has 27 nitrogen and oxygen atoms in total. The molecule has 15 N–H and O–H groups in total. The van der Waals surface area contributed by atoms with Gasteiger partial charge < -0.3 is 129 Å². The first-order valence-electron chi connectivity index (χ1n) is 30.5. The van der Waals surface area contributed by atoms with Crippen molar-refractivity contribution >= 4 is 5.78 Å². The Balaban J connectivity index is 0.858. The zero-order valence-corrected chi connectivity index (χ0v) is 49.4. The molecular formula is C58H94O27. The summed E-state index contributed by atoms with van der Waals surface area (Å²) in [6.45, 7) is 11.2. The summed E-state index contributed by atoms with van der Waals surface area (Å²) in [5, 5.41) is 165. The summed E-state index contributed by atoms with van der Waals surface area (Å²) in [5.41, 5.74) is 0.871. The number of rotatable bonds is 16. The zero-order chi connectivity index (χ0) is 61.8. The Morgan fingerprint density at radius 1 is 0.565 bits per heavy atom. The molecule has 488 valence electrons. The summed E-state index contributed by atoms with van der Waals surface area (Å²) in [4.78, 5) is 13.0. The van der Waals surface area contributed by atoms with E-state index in [2.05, 4.69) is 27.7 Å². The Hall–Kier alpha value is -1.63. The van der Waals surface area contributed by atoms with E-state index >= 15 is 0 Å². The molecule has 10 rings (SSSR count). The van der Waals surface area contributed by atoms with E-state index in [-0.39, 0.29) is 40.5 Å². The van der Waals surface area contributed by atoms with Crippen molar-refractivity contribution in [3.63, 3.8) is 0 Å². The standard InChI is InChI=1S/C58H94O27/c1-8-27(62)29-17-23(2)58(85-29)16-15-56(6)26-9-10-33-54(4,25(26)11-14-57(56,58)7)13-12-34(55(33,5)22-61)81-50-44(73)42(71)38(67)32(80-50)21-76-52-47(36(65)28(63)20-75-52)83-53-48(84-49-43(72)40(69)35(64)24(3)77-49)46(39(68)31(19-60)79-53)82-51-45(74)41(70)37(66)30(18-59)78-51/h23-24,28-53,59-61,63-74H,8-22H2,1-7H3. The van der Waals surface area contributed by atoms with Crippen LogP contribution in [0.1, 0.15) is 113 Å². The van der Waals surface area contributed by atoms with Crippen LogP contribution >= 0.6 is 0 Å². The summed E-state index contributed by atoms with van der Waals surface area (Å²) in [6, 6.07) is 0. The highest BCUT2D eigenvalue weighted by atomic mass is 16.8. The number of fused-ring (bicyclic) bond motifs is 5. The first kappa shape index (κ1) is 66.3. The first-order chi connectivity index (χ1) is 40.1. The van der Waals surface area contributed by atoms with Gasteiger partial charge in [0.15, 0.2) is 37.2 Å². The molecule has 10 aliphatic rings. The Labute approximate surface area is 493 Å². The quantitative estimate of drug-likeness (QED) is 0.0664. The molecule has 85 heavy (non-hydrogen) atoms. The monoisotopic (exact) mass is 1220 g/mol. The smallest absolute Gasteiger partial charge is 0.187 e. The Morgan fingerprint density at radius 2 is 1.14 bits per heavy atom. The summed E-state index contributed by atoms with van der Waals surface area (Å²) < 4.78 is 67.3. The molecule has 8 fully saturated rings. The third-order valence-corrected chi connectivity index (χ3v) is 22.6. The van der Waals surface area contributed by atoms with E-state index in [4.69, 9.17) is 52.1 Å². The zero-order valence-electron chi connectivity index (χ0n) is 49.4. The molecule has 6 aliphatic heterocycles. The van der Waals surface area contributed by atoms with E-state index in [1.807, 2.05) is 13.8 Å². The topological polar surface area (TPSA) is 422 Å². The van der Waals surface area contributed by atoms with Crippen LogP contribution in [0, 0.1) is 33.5 Å². The Morgan fingerprint density at radius 3 is 1.79 bits per heavy atom. The molecule has 0 bridgehead atoms. The normalized spacial score (nSPS) is 54.7. The van der Waals surface area contributed by atoms with E-state index < -0.39 is 197 Å². The van der Waals surface area contributed by atoms with Crippen LogP contribution in [-0.4, -0.2) is 281 Å².